The minimum Gasteiger partial charge on any atom is -0.264 e. The summed E-state index contributed by atoms with van der Waals surface area (Å²) in [5, 5.41) is 2.06. The molecule has 3 rings (SSSR count). The zero-order valence-corrected chi connectivity index (χ0v) is 7.25. The van der Waals surface area contributed by atoms with Gasteiger partial charge in [-0.25, -0.2) is 9.97 Å². The van der Waals surface area contributed by atoms with E-state index in [4.69, 9.17) is 0 Å². The predicted molar refractivity (Wildman–Crippen MR) is 52.6 cm³/mol. The third kappa shape index (κ3) is 0.939. The van der Waals surface area contributed by atoms with E-state index >= 15 is 0 Å². The molecule has 0 amide bonds. The van der Waals surface area contributed by atoms with Crippen LogP contribution in [0.1, 0.15) is 0 Å². The van der Waals surface area contributed by atoms with Gasteiger partial charge in [0.05, 0.1) is 6.20 Å². The number of rotatable bonds is 0. The third-order valence-electron chi connectivity index (χ3n) is 2.15. The summed E-state index contributed by atoms with van der Waals surface area (Å²) >= 11 is 0. The average Bonchev–Trinajstić information content (AvgIpc) is 2.29. The first kappa shape index (κ1) is 7.32. The average molecular weight is 182 g/mol. The highest BCUT2D eigenvalue weighted by Gasteiger charge is 2.01. The molecule has 0 N–H and O–H groups in total. The molecule has 3 aromatic heterocycles. The molecule has 4 heteroatoms. The van der Waals surface area contributed by atoms with Crippen molar-refractivity contribution in [2.24, 2.45) is 0 Å². The molecule has 14 heavy (non-hydrogen) atoms. The minimum atomic E-state index is 0.799. The molecule has 0 saturated heterocycles. The van der Waals surface area contributed by atoms with Crippen molar-refractivity contribution in [1.29, 1.82) is 0 Å². The Morgan fingerprint density at radius 3 is 2.93 bits per heavy atom. The van der Waals surface area contributed by atoms with Crippen LogP contribution in [0, 0.1) is 0 Å². The summed E-state index contributed by atoms with van der Waals surface area (Å²) in [5.41, 5.74) is 1.65. The number of pyridine rings is 2. The molecule has 0 aliphatic carbocycles. The van der Waals surface area contributed by atoms with Gasteiger partial charge in [-0.1, -0.05) is 0 Å². The second-order valence-corrected chi connectivity index (χ2v) is 2.98. The molecule has 4 nitrogen and oxygen atoms in total. The SMILES string of the molecule is c1cc2cnc3cncnc3c2cn1. The maximum Gasteiger partial charge on any atom is 0.116 e. The Kier molecular flexibility index (Phi) is 1.41. The molecule has 0 radical (unpaired) electrons. The van der Waals surface area contributed by atoms with Crippen LogP contribution in [0.2, 0.25) is 0 Å². The minimum absolute atomic E-state index is 0.799. The topological polar surface area (TPSA) is 51.6 Å². The molecular weight excluding hydrogens is 176 g/mol. The largest absolute Gasteiger partial charge is 0.264 e. The van der Waals surface area contributed by atoms with Gasteiger partial charge >= 0.3 is 0 Å². The first-order valence-corrected chi connectivity index (χ1v) is 4.23. The lowest BCUT2D eigenvalue weighted by atomic mass is 10.2. The normalized spacial score (nSPS) is 10.9. The van der Waals surface area contributed by atoms with Crippen LogP contribution in [0.15, 0.2) is 37.2 Å². The van der Waals surface area contributed by atoms with Crippen LogP contribution in [0.4, 0.5) is 0 Å². The maximum atomic E-state index is 4.26. The van der Waals surface area contributed by atoms with Crippen molar-refractivity contribution in [3.8, 4) is 0 Å². The van der Waals surface area contributed by atoms with Gasteiger partial charge in [0.15, 0.2) is 0 Å². The van der Waals surface area contributed by atoms with Crippen LogP contribution >= 0.6 is 0 Å². The highest BCUT2D eigenvalue weighted by Crippen LogP contribution is 2.18. The lowest BCUT2D eigenvalue weighted by Gasteiger charge is -1.99. The van der Waals surface area contributed by atoms with Crippen molar-refractivity contribution in [1.82, 2.24) is 19.9 Å². The quantitative estimate of drug-likeness (QED) is 0.495. The van der Waals surface area contributed by atoms with E-state index in [9.17, 15) is 0 Å². The molecule has 0 spiro atoms. The van der Waals surface area contributed by atoms with Gasteiger partial charge in [-0.15, -0.1) is 0 Å². The van der Waals surface area contributed by atoms with Crippen LogP contribution in [0.3, 0.4) is 0 Å². The lowest BCUT2D eigenvalue weighted by Crippen LogP contribution is -1.86. The Morgan fingerprint density at radius 2 is 1.93 bits per heavy atom. The number of nitrogens with zero attached hydrogens (tertiary/aromatic N) is 4. The Bertz CT molecular complexity index is 551. The van der Waals surface area contributed by atoms with E-state index in [-0.39, 0.29) is 0 Å². The lowest BCUT2D eigenvalue weighted by molar-refractivity contribution is 1.20. The fourth-order valence-electron chi connectivity index (χ4n) is 1.48. The number of aromatic nitrogens is 4. The molecule has 0 aromatic carbocycles. The second kappa shape index (κ2) is 2.70. The number of hydrogen-bond acceptors (Lipinski definition) is 4. The Labute approximate surface area is 79.7 Å². The summed E-state index contributed by atoms with van der Waals surface area (Å²) in [6.45, 7) is 0. The highest BCUT2D eigenvalue weighted by atomic mass is 14.9. The fourth-order valence-corrected chi connectivity index (χ4v) is 1.48. The molecule has 0 unspecified atom stereocenters. The Morgan fingerprint density at radius 1 is 0.929 bits per heavy atom. The van der Waals surface area contributed by atoms with E-state index in [2.05, 4.69) is 19.9 Å². The van der Waals surface area contributed by atoms with Crippen molar-refractivity contribution in [2.45, 2.75) is 0 Å². The zero-order chi connectivity index (χ0) is 9.38. The van der Waals surface area contributed by atoms with Crippen LogP contribution in [0.5, 0.6) is 0 Å². The molecule has 0 fully saturated rings. The van der Waals surface area contributed by atoms with Crippen molar-refractivity contribution in [3.05, 3.63) is 37.2 Å². The first-order valence-electron chi connectivity index (χ1n) is 4.23. The summed E-state index contributed by atoms with van der Waals surface area (Å²) in [6.07, 6.45) is 8.58. The molecule has 0 aliphatic heterocycles. The molecule has 0 aliphatic rings. The second-order valence-electron chi connectivity index (χ2n) is 2.98. The first-order chi connectivity index (χ1) is 6.95. The van der Waals surface area contributed by atoms with E-state index in [1.54, 1.807) is 18.6 Å². The van der Waals surface area contributed by atoms with Crippen LogP contribution < -0.4 is 0 Å². The monoisotopic (exact) mass is 182 g/mol. The Balaban J connectivity index is 2.61. The van der Waals surface area contributed by atoms with Crippen LogP contribution in [-0.4, -0.2) is 19.9 Å². The van der Waals surface area contributed by atoms with Gasteiger partial charge in [0.2, 0.25) is 0 Å². The van der Waals surface area contributed by atoms with Crippen molar-refractivity contribution in [3.63, 3.8) is 0 Å². The number of fused-ring (bicyclic) bond motifs is 3. The maximum absolute atomic E-state index is 4.26. The smallest absolute Gasteiger partial charge is 0.116 e. The summed E-state index contributed by atoms with van der Waals surface area (Å²) in [6, 6.07) is 1.92. The van der Waals surface area contributed by atoms with Gasteiger partial charge in [-0.3, -0.25) is 9.97 Å². The predicted octanol–water partition coefficient (Wildman–Crippen LogP) is 1.57. The van der Waals surface area contributed by atoms with E-state index in [0.717, 1.165) is 21.8 Å². The van der Waals surface area contributed by atoms with Gasteiger partial charge < -0.3 is 0 Å². The standard InChI is InChI=1S/C10H6N4/c1-2-11-4-8-7(1)3-13-9-5-12-6-14-10(8)9/h1-6H. The Hall–Kier alpha value is -2.10. The van der Waals surface area contributed by atoms with Gasteiger partial charge in [-0.2, -0.15) is 0 Å². The van der Waals surface area contributed by atoms with E-state index in [1.165, 1.54) is 6.33 Å². The van der Waals surface area contributed by atoms with E-state index in [1.807, 2.05) is 12.3 Å². The molecule has 66 valence electrons. The molecular formula is C10H6N4. The van der Waals surface area contributed by atoms with Gasteiger partial charge in [0.1, 0.15) is 17.4 Å². The van der Waals surface area contributed by atoms with Crippen molar-refractivity contribution in [2.75, 3.05) is 0 Å². The molecule has 0 atom stereocenters. The number of hydrogen-bond donors (Lipinski definition) is 0. The fraction of sp³-hybridized carbons (Fsp3) is 0. The van der Waals surface area contributed by atoms with Crippen LogP contribution in [-0.2, 0) is 0 Å². The molecule has 0 bridgehead atoms. The van der Waals surface area contributed by atoms with E-state index in [0.29, 0.717) is 0 Å². The third-order valence-corrected chi connectivity index (χ3v) is 2.15. The van der Waals surface area contributed by atoms with Crippen molar-refractivity contribution < 1.29 is 0 Å². The van der Waals surface area contributed by atoms with Crippen molar-refractivity contribution >= 4 is 21.8 Å². The van der Waals surface area contributed by atoms with Gasteiger partial charge in [-0.05, 0) is 6.07 Å². The summed E-state index contributed by atoms with van der Waals surface area (Å²) in [5.74, 6) is 0. The van der Waals surface area contributed by atoms with E-state index < -0.39 is 0 Å². The van der Waals surface area contributed by atoms with Crippen LogP contribution in [0.25, 0.3) is 21.8 Å². The van der Waals surface area contributed by atoms with Gasteiger partial charge in [0, 0.05) is 29.4 Å². The van der Waals surface area contributed by atoms with Gasteiger partial charge in [0.25, 0.3) is 0 Å². The summed E-state index contributed by atoms with van der Waals surface area (Å²) in [4.78, 5) is 16.5. The zero-order valence-electron chi connectivity index (χ0n) is 7.25. The molecule has 3 heterocycles. The molecule has 3 aromatic rings. The highest BCUT2D eigenvalue weighted by molar-refractivity contribution is 6.01. The summed E-state index contributed by atoms with van der Waals surface area (Å²) in [7, 11) is 0. The molecule has 0 saturated carbocycles. The summed E-state index contributed by atoms with van der Waals surface area (Å²) < 4.78 is 0.